The summed E-state index contributed by atoms with van der Waals surface area (Å²) >= 11 is 0. The highest BCUT2D eigenvalue weighted by Crippen LogP contribution is 2.24. The van der Waals surface area contributed by atoms with E-state index in [1.54, 1.807) is 0 Å². The number of aliphatic hydroxyl groups excluding tert-OH is 1. The lowest BCUT2D eigenvalue weighted by molar-refractivity contribution is 0.279. The molecule has 0 heterocycles. The summed E-state index contributed by atoms with van der Waals surface area (Å²) in [5.41, 5.74) is 5.62. The Labute approximate surface area is 163 Å². The zero-order chi connectivity index (χ0) is 19.0. The highest BCUT2D eigenvalue weighted by molar-refractivity contribution is 5.39. The van der Waals surface area contributed by atoms with Crippen LogP contribution in [-0.2, 0) is 25.9 Å². The molecule has 0 amide bonds. The molecule has 26 heavy (non-hydrogen) atoms. The van der Waals surface area contributed by atoms with E-state index in [9.17, 15) is 5.11 Å². The molecule has 1 nitrogen and oxygen atoms in total. The van der Waals surface area contributed by atoms with Crippen LogP contribution in [0.1, 0.15) is 120 Å². The fraction of sp³-hybridized carbons (Fsp3) is 0.760. The van der Waals surface area contributed by atoms with E-state index in [0.717, 1.165) is 12.8 Å². The fourth-order valence-electron chi connectivity index (χ4n) is 3.90. The Hall–Kier alpha value is -0.820. The van der Waals surface area contributed by atoms with Crippen LogP contribution in [0.15, 0.2) is 12.1 Å². The molecule has 0 bridgehead atoms. The number of aliphatic hydroxyl groups is 1. The number of rotatable bonds is 16. The van der Waals surface area contributed by atoms with Gasteiger partial charge in [-0.05, 0) is 60.8 Å². The van der Waals surface area contributed by atoms with Crippen molar-refractivity contribution in [2.45, 2.75) is 124 Å². The zero-order valence-corrected chi connectivity index (χ0v) is 17.9. The second-order valence-electron chi connectivity index (χ2n) is 7.98. The molecule has 0 saturated heterocycles. The number of unbranched alkanes of at least 4 members (excludes halogenated alkanes) is 9. The Bertz CT molecular complexity index is 430. The molecule has 0 fully saturated rings. The summed E-state index contributed by atoms with van der Waals surface area (Å²) in [5.74, 6) is 0. The van der Waals surface area contributed by atoms with Crippen LogP contribution >= 0.6 is 0 Å². The SMILES string of the molecule is CCCCCCc1cc(CCCCCC)c(CO)c(CCCCCC)c1. The standard InChI is InChI=1S/C25H44O/c1-4-7-10-13-16-22-19-23(17-14-11-8-5-2)25(21-26)24(20-22)18-15-12-9-6-3/h19-20,26H,4-18,21H2,1-3H3. The van der Waals surface area contributed by atoms with Gasteiger partial charge in [0.2, 0.25) is 0 Å². The van der Waals surface area contributed by atoms with Gasteiger partial charge in [0.1, 0.15) is 0 Å². The molecule has 150 valence electrons. The highest BCUT2D eigenvalue weighted by atomic mass is 16.3. The molecule has 0 aromatic heterocycles. The van der Waals surface area contributed by atoms with Crippen LogP contribution in [0.25, 0.3) is 0 Å². The largest absolute Gasteiger partial charge is 0.392 e. The number of hydrogen-bond donors (Lipinski definition) is 1. The molecule has 1 heteroatoms. The van der Waals surface area contributed by atoms with E-state index in [1.165, 1.54) is 106 Å². The van der Waals surface area contributed by atoms with E-state index in [1.807, 2.05) is 0 Å². The summed E-state index contributed by atoms with van der Waals surface area (Å²) in [7, 11) is 0. The quantitative estimate of drug-likeness (QED) is 0.302. The lowest BCUT2D eigenvalue weighted by atomic mass is 9.90. The average Bonchev–Trinajstić information content (AvgIpc) is 2.66. The van der Waals surface area contributed by atoms with Crippen molar-refractivity contribution in [3.05, 3.63) is 34.4 Å². The third-order valence-electron chi connectivity index (χ3n) is 5.57. The van der Waals surface area contributed by atoms with Gasteiger partial charge >= 0.3 is 0 Å². The van der Waals surface area contributed by atoms with Gasteiger partial charge in [-0.1, -0.05) is 90.7 Å². The first-order valence-corrected chi connectivity index (χ1v) is 11.5. The van der Waals surface area contributed by atoms with Crippen molar-refractivity contribution in [1.29, 1.82) is 0 Å². The van der Waals surface area contributed by atoms with Crippen LogP contribution in [0.5, 0.6) is 0 Å². The summed E-state index contributed by atoms with van der Waals surface area (Å²) in [6.45, 7) is 7.02. The van der Waals surface area contributed by atoms with Gasteiger partial charge < -0.3 is 5.11 Å². The Morgan fingerprint density at radius 2 is 1.00 bits per heavy atom. The van der Waals surface area contributed by atoms with Crippen molar-refractivity contribution in [2.75, 3.05) is 0 Å². The van der Waals surface area contributed by atoms with Gasteiger partial charge in [0.25, 0.3) is 0 Å². The first-order valence-electron chi connectivity index (χ1n) is 11.5. The maximum atomic E-state index is 10.0. The summed E-state index contributed by atoms with van der Waals surface area (Å²) < 4.78 is 0. The molecule has 0 aliphatic carbocycles. The molecule has 0 unspecified atom stereocenters. The third kappa shape index (κ3) is 9.21. The van der Waals surface area contributed by atoms with Gasteiger partial charge in [-0.2, -0.15) is 0 Å². The Kier molecular flexibility index (Phi) is 13.6. The number of aryl methyl sites for hydroxylation is 3. The molecule has 0 aliphatic heterocycles. The molecule has 0 spiro atoms. The molecule has 0 atom stereocenters. The van der Waals surface area contributed by atoms with Gasteiger partial charge in [0.15, 0.2) is 0 Å². The number of benzene rings is 1. The van der Waals surface area contributed by atoms with Crippen molar-refractivity contribution in [3.63, 3.8) is 0 Å². The molecule has 0 aliphatic rings. The first-order chi connectivity index (χ1) is 12.8. The summed E-state index contributed by atoms with van der Waals surface area (Å²) in [6.07, 6.45) is 19.2. The van der Waals surface area contributed by atoms with E-state index in [2.05, 4.69) is 32.9 Å². The molecule has 0 radical (unpaired) electrons. The molecule has 0 saturated carbocycles. The fourth-order valence-corrected chi connectivity index (χ4v) is 3.90. The monoisotopic (exact) mass is 360 g/mol. The van der Waals surface area contributed by atoms with E-state index in [0.29, 0.717) is 0 Å². The lowest BCUT2D eigenvalue weighted by Crippen LogP contribution is -2.04. The average molecular weight is 361 g/mol. The van der Waals surface area contributed by atoms with Crippen molar-refractivity contribution in [1.82, 2.24) is 0 Å². The number of hydrogen-bond acceptors (Lipinski definition) is 1. The van der Waals surface area contributed by atoms with Crippen molar-refractivity contribution >= 4 is 0 Å². The Morgan fingerprint density at radius 1 is 0.577 bits per heavy atom. The highest BCUT2D eigenvalue weighted by Gasteiger charge is 2.11. The van der Waals surface area contributed by atoms with Crippen LogP contribution in [-0.4, -0.2) is 5.11 Å². The van der Waals surface area contributed by atoms with Gasteiger partial charge in [0, 0.05) is 0 Å². The van der Waals surface area contributed by atoms with Crippen molar-refractivity contribution < 1.29 is 5.11 Å². The molecule has 1 aromatic rings. The van der Waals surface area contributed by atoms with Crippen LogP contribution < -0.4 is 0 Å². The minimum absolute atomic E-state index is 0.211. The minimum atomic E-state index is 0.211. The third-order valence-corrected chi connectivity index (χ3v) is 5.57. The second-order valence-corrected chi connectivity index (χ2v) is 7.98. The molecular weight excluding hydrogens is 316 g/mol. The maximum Gasteiger partial charge on any atom is 0.0687 e. The van der Waals surface area contributed by atoms with E-state index in [-0.39, 0.29) is 6.61 Å². The summed E-state index contributed by atoms with van der Waals surface area (Å²) in [5, 5.41) is 10.0. The van der Waals surface area contributed by atoms with Crippen LogP contribution in [0.3, 0.4) is 0 Å². The van der Waals surface area contributed by atoms with Crippen LogP contribution in [0.4, 0.5) is 0 Å². The lowest BCUT2D eigenvalue weighted by Gasteiger charge is -2.16. The van der Waals surface area contributed by atoms with Gasteiger partial charge in [-0.25, -0.2) is 0 Å². The van der Waals surface area contributed by atoms with Gasteiger partial charge in [-0.3, -0.25) is 0 Å². The van der Waals surface area contributed by atoms with E-state index < -0.39 is 0 Å². The summed E-state index contributed by atoms with van der Waals surface area (Å²) in [4.78, 5) is 0. The molecule has 1 N–H and O–H groups in total. The van der Waals surface area contributed by atoms with Crippen molar-refractivity contribution in [3.8, 4) is 0 Å². The topological polar surface area (TPSA) is 20.2 Å². The molecule has 1 rings (SSSR count). The second kappa shape index (κ2) is 15.3. The Balaban J connectivity index is 2.83. The smallest absolute Gasteiger partial charge is 0.0687 e. The maximum absolute atomic E-state index is 10.0. The predicted octanol–water partition coefficient (Wildman–Crippen LogP) is 7.55. The van der Waals surface area contributed by atoms with E-state index >= 15 is 0 Å². The Morgan fingerprint density at radius 3 is 1.38 bits per heavy atom. The van der Waals surface area contributed by atoms with Gasteiger partial charge in [0.05, 0.1) is 6.61 Å². The minimum Gasteiger partial charge on any atom is -0.392 e. The predicted molar refractivity (Wildman–Crippen MR) is 116 cm³/mol. The molecular formula is C25H44O. The normalized spacial score (nSPS) is 11.2. The molecule has 1 aromatic carbocycles. The van der Waals surface area contributed by atoms with Crippen molar-refractivity contribution in [2.24, 2.45) is 0 Å². The van der Waals surface area contributed by atoms with Gasteiger partial charge in [-0.15, -0.1) is 0 Å². The van der Waals surface area contributed by atoms with Crippen LogP contribution in [0.2, 0.25) is 0 Å². The van der Waals surface area contributed by atoms with E-state index in [4.69, 9.17) is 0 Å². The first kappa shape index (κ1) is 23.2. The summed E-state index contributed by atoms with van der Waals surface area (Å²) in [6, 6.07) is 4.83. The van der Waals surface area contributed by atoms with Crippen LogP contribution in [0, 0.1) is 0 Å². The zero-order valence-electron chi connectivity index (χ0n) is 17.9.